The molecule has 0 saturated heterocycles. The normalized spacial score (nSPS) is 12.4. The lowest BCUT2D eigenvalue weighted by Gasteiger charge is -2.15. The van der Waals surface area contributed by atoms with Gasteiger partial charge in [0.25, 0.3) is 0 Å². The van der Waals surface area contributed by atoms with E-state index in [0.29, 0.717) is 11.3 Å². The van der Waals surface area contributed by atoms with E-state index >= 15 is 0 Å². The highest BCUT2D eigenvalue weighted by atomic mass is 16.5. The molecule has 0 saturated carbocycles. The van der Waals surface area contributed by atoms with Gasteiger partial charge in [0, 0.05) is 6.07 Å². The third-order valence-corrected chi connectivity index (χ3v) is 3.03. The number of Topliss-reactive ketones (excluding diaryl/α,β-unsaturated/α-hetero) is 1. The Hall–Kier alpha value is -2.10. The quantitative estimate of drug-likeness (QED) is 0.796. The van der Waals surface area contributed by atoms with Crippen LogP contribution in [0.4, 0.5) is 0 Å². The molecule has 1 atom stereocenters. The van der Waals surface area contributed by atoms with Gasteiger partial charge in [0.1, 0.15) is 11.3 Å². The first-order valence-corrected chi connectivity index (χ1v) is 6.10. The molecular formula is C15H16O4. The molecule has 2 rings (SSSR count). The van der Waals surface area contributed by atoms with Gasteiger partial charge in [0.05, 0.1) is 5.39 Å². The third-order valence-electron chi connectivity index (χ3n) is 3.03. The van der Waals surface area contributed by atoms with Gasteiger partial charge >= 0.3 is 5.63 Å². The van der Waals surface area contributed by atoms with Gasteiger partial charge in [-0.05, 0) is 51.0 Å². The minimum Gasteiger partial charge on any atom is -0.482 e. The van der Waals surface area contributed by atoms with Crippen LogP contribution in [0.15, 0.2) is 27.4 Å². The summed E-state index contributed by atoms with van der Waals surface area (Å²) in [6.07, 6.45) is -0.531. The lowest BCUT2D eigenvalue weighted by molar-refractivity contribution is -0.122. The van der Waals surface area contributed by atoms with Crippen LogP contribution in [0.5, 0.6) is 5.75 Å². The molecule has 0 spiro atoms. The van der Waals surface area contributed by atoms with Gasteiger partial charge in [0.15, 0.2) is 11.9 Å². The van der Waals surface area contributed by atoms with Crippen LogP contribution in [0.25, 0.3) is 11.0 Å². The van der Waals surface area contributed by atoms with Gasteiger partial charge in [-0.1, -0.05) is 0 Å². The average Bonchev–Trinajstić information content (AvgIpc) is 2.26. The summed E-state index contributed by atoms with van der Waals surface area (Å²) >= 11 is 0. The Morgan fingerprint density at radius 2 is 1.95 bits per heavy atom. The van der Waals surface area contributed by atoms with Crippen molar-refractivity contribution in [1.82, 2.24) is 0 Å². The predicted octanol–water partition coefficient (Wildman–Crippen LogP) is 2.77. The Morgan fingerprint density at radius 1 is 1.26 bits per heavy atom. The summed E-state index contributed by atoms with van der Waals surface area (Å²) in [4.78, 5) is 22.7. The molecule has 0 aliphatic rings. The Labute approximate surface area is 111 Å². The molecule has 0 fully saturated rings. The van der Waals surface area contributed by atoms with E-state index in [9.17, 15) is 9.59 Å². The molecule has 0 unspecified atom stereocenters. The highest BCUT2D eigenvalue weighted by molar-refractivity contribution is 5.88. The van der Waals surface area contributed by atoms with E-state index in [-0.39, 0.29) is 11.4 Å². The smallest absolute Gasteiger partial charge is 0.336 e. The first-order valence-electron chi connectivity index (χ1n) is 6.10. The van der Waals surface area contributed by atoms with Crippen LogP contribution in [0.2, 0.25) is 0 Å². The second kappa shape index (κ2) is 4.88. The van der Waals surface area contributed by atoms with Gasteiger partial charge in [-0.3, -0.25) is 4.79 Å². The Kier molecular flexibility index (Phi) is 3.42. The molecule has 4 heteroatoms. The second-order valence-electron chi connectivity index (χ2n) is 4.76. The number of fused-ring (bicyclic) bond motifs is 1. The summed E-state index contributed by atoms with van der Waals surface area (Å²) in [5.74, 6) is 0.517. The number of carbonyl (C=O) groups is 1. The molecule has 0 radical (unpaired) electrons. The van der Waals surface area contributed by atoms with Crippen LogP contribution in [-0.4, -0.2) is 11.9 Å². The predicted molar refractivity (Wildman–Crippen MR) is 72.7 cm³/mol. The van der Waals surface area contributed by atoms with E-state index in [1.165, 1.54) is 13.0 Å². The highest BCUT2D eigenvalue weighted by Crippen LogP contribution is 2.30. The van der Waals surface area contributed by atoms with Crippen molar-refractivity contribution in [2.24, 2.45) is 0 Å². The summed E-state index contributed by atoms with van der Waals surface area (Å²) < 4.78 is 10.9. The molecule has 4 nitrogen and oxygen atoms in total. The zero-order valence-electron chi connectivity index (χ0n) is 11.4. The van der Waals surface area contributed by atoms with Crippen LogP contribution in [0.1, 0.15) is 25.0 Å². The molecule has 19 heavy (non-hydrogen) atoms. The van der Waals surface area contributed by atoms with Crippen LogP contribution in [0.3, 0.4) is 0 Å². The number of benzene rings is 1. The van der Waals surface area contributed by atoms with Crippen molar-refractivity contribution in [1.29, 1.82) is 0 Å². The van der Waals surface area contributed by atoms with Crippen LogP contribution in [0, 0.1) is 13.8 Å². The fraction of sp³-hybridized carbons (Fsp3) is 0.333. The Bertz CT molecular complexity index is 697. The molecule has 2 aromatic rings. The lowest BCUT2D eigenvalue weighted by atomic mass is 10.1. The highest BCUT2D eigenvalue weighted by Gasteiger charge is 2.15. The number of hydrogen-bond donors (Lipinski definition) is 0. The van der Waals surface area contributed by atoms with Gasteiger partial charge in [-0.25, -0.2) is 4.79 Å². The zero-order valence-corrected chi connectivity index (χ0v) is 11.4. The van der Waals surface area contributed by atoms with Crippen molar-refractivity contribution in [3.05, 3.63) is 39.7 Å². The maximum Gasteiger partial charge on any atom is 0.336 e. The summed E-state index contributed by atoms with van der Waals surface area (Å²) in [6.45, 7) is 6.88. The summed E-state index contributed by atoms with van der Waals surface area (Å²) in [7, 11) is 0. The minimum absolute atomic E-state index is 0.0512. The molecule has 0 bridgehead atoms. The Balaban J connectivity index is 2.66. The molecule has 0 N–H and O–H groups in total. The van der Waals surface area contributed by atoms with Crippen molar-refractivity contribution in [3.8, 4) is 5.75 Å². The van der Waals surface area contributed by atoms with E-state index in [2.05, 4.69) is 0 Å². The standard InChI is InChI=1S/C15H16O4/c1-8-5-12(18-11(4)10(3)16)15-9(2)7-14(17)19-13(15)6-8/h5-7,11H,1-4H3/t11-/m1/s1. The molecule has 0 amide bonds. The van der Waals surface area contributed by atoms with Crippen molar-refractivity contribution in [2.45, 2.75) is 33.8 Å². The minimum atomic E-state index is -0.531. The number of aryl methyl sites for hydroxylation is 2. The van der Waals surface area contributed by atoms with E-state index < -0.39 is 6.10 Å². The van der Waals surface area contributed by atoms with E-state index in [1.807, 2.05) is 19.9 Å². The monoisotopic (exact) mass is 260 g/mol. The summed E-state index contributed by atoms with van der Waals surface area (Å²) in [6, 6.07) is 5.05. The number of hydrogen-bond acceptors (Lipinski definition) is 4. The number of rotatable bonds is 3. The molecule has 1 aromatic heterocycles. The van der Waals surface area contributed by atoms with Gasteiger partial charge in [0.2, 0.25) is 0 Å². The second-order valence-corrected chi connectivity index (χ2v) is 4.76. The van der Waals surface area contributed by atoms with Crippen molar-refractivity contribution in [3.63, 3.8) is 0 Å². The maximum atomic E-state index is 11.4. The molecule has 1 aromatic carbocycles. The van der Waals surface area contributed by atoms with Gasteiger partial charge in [-0.15, -0.1) is 0 Å². The fourth-order valence-electron chi connectivity index (χ4n) is 1.94. The molecular weight excluding hydrogens is 244 g/mol. The topological polar surface area (TPSA) is 56.5 Å². The third kappa shape index (κ3) is 2.67. The average molecular weight is 260 g/mol. The van der Waals surface area contributed by atoms with E-state index in [1.54, 1.807) is 13.0 Å². The fourth-order valence-corrected chi connectivity index (χ4v) is 1.94. The zero-order chi connectivity index (χ0) is 14.2. The number of carbonyl (C=O) groups excluding carboxylic acids is 1. The molecule has 1 heterocycles. The van der Waals surface area contributed by atoms with Gasteiger partial charge in [-0.2, -0.15) is 0 Å². The van der Waals surface area contributed by atoms with E-state index in [0.717, 1.165) is 16.5 Å². The van der Waals surface area contributed by atoms with Gasteiger partial charge < -0.3 is 9.15 Å². The first kappa shape index (κ1) is 13.3. The number of ketones is 1. The SMILES string of the molecule is CC(=O)[C@@H](C)Oc1cc(C)cc2oc(=O)cc(C)c12. The van der Waals surface area contributed by atoms with Crippen LogP contribution >= 0.6 is 0 Å². The summed E-state index contributed by atoms with van der Waals surface area (Å²) in [5, 5.41) is 0.735. The summed E-state index contributed by atoms with van der Waals surface area (Å²) in [5.41, 5.74) is 1.78. The Morgan fingerprint density at radius 3 is 2.58 bits per heavy atom. The van der Waals surface area contributed by atoms with Crippen LogP contribution < -0.4 is 10.4 Å². The van der Waals surface area contributed by atoms with Crippen molar-refractivity contribution in [2.75, 3.05) is 0 Å². The van der Waals surface area contributed by atoms with E-state index in [4.69, 9.17) is 9.15 Å². The lowest BCUT2D eigenvalue weighted by Crippen LogP contribution is -2.21. The maximum absolute atomic E-state index is 11.4. The largest absolute Gasteiger partial charge is 0.482 e. The van der Waals surface area contributed by atoms with Crippen LogP contribution in [-0.2, 0) is 4.79 Å². The van der Waals surface area contributed by atoms with Crippen molar-refractivity contribution < 1.29 is 13.9 Å². The number of ether oxygens (including phenoxy) is 1. The molecule has 0 aliphatic carbocycles. The molecule has 0 aliphatic heterocycles. The molecule has 100 valence electrons. The van der Waals surface area contributed by atoms with Crippen molar-refractivity contribution >= 4 is 16.8 Å². The first-order chi connectivity index (χ1) is 8.88.